The number of carbonyl (C=O) groups is 2. The fourth-order valence-electron chi connectivity index (χ4n) is 14.5. The largest absolute Gasteiger partial charge is 0.508 e. The van der Waals surface area contributed by atoms with Gasteiger partial charge in [0.15, 0.2) is 11.7 Å². The van der Waals surface area contributed by atoms with Crippen molar-refractivity contribution in [3.05, 3.63) is 159 Å². The molecular formula is C66H91N7O9. The second kappa shape index (κ2) is 26.8. The lowest BCUT2D eigenvalue weighted by atomic mass is 9.52. The van der Waals surface area contributed by atoms with Crippen molar-refractivity contribution in [3.8, 4) is 5.75 Å². The maximum Gasteiger partial charge on any atom is 0.243 e. The number of carbonyl (C=O) groups excluding carboxylic acids is 2. The Morgan fingerprint density at radius 2 is 1.67 bits per heavy atom. The smallest absolute Gasteiger partial charge is 0.243 e. The van der Waals surface area contributed by atoms with Gasteiger partial charge in [0.25, 0.3) is 0 Å². The highest BCUT2D eigenvalue weighted by Crippen LogP contribution is 2.63. The number of aliphatic imine (C=N–C) groups is 1. The first kappa shape index (κ1) is 62.3. The molecule has 0 radical (unpaired) electrons. The van der Waals surface area contributed by atoms with Crippen LogP contribution in [0.1, 0.15) is 150 Å². The molecule has 3 aliphatic carbocycles. The van der Waals surface area contributed by atoms with Gasteiger partial charge in [-0.1, -0.05) is 109 Å². The Hall–Kier alpha value is -5.79. The molecule has 82 heavy (non-hydrogen) atoms. The van der Waals surface area contributed by atoms with Crippen molar-refractivity contribution in [2.24, 2.45) is 51.3 Å². The van der Waals surface area contributed by atoms with Gasteiger partial charge in [0, 0.05) is 49.7 Å². The minimum atomic E-state index is -1.43. The van der Waals surface area contributed by atoms with Gasteiger partial charge < -0.3 is 58.3 Å². The van der Waals surface area contributed by atoms with Crippen LogP contribution in [-0.4, -0.2) is 109 Å². The number of nitrogens with one attached hydrogen (secondary N) is 3. The molecule has 2 heterocycles. The standard InChI is InChI=1S/C66H91N7O9/c1-39(2)25-30-66(82,72-35-42-12-6-7-13-42)40(3)11-8-17-47(38-74)51-27-29-65(60(51)79)55-24-23-49(76)32-43-14-9-15-44(31-43)33-53(54(36-71-63(68)69)45-19-21-48(75)22-20-45)57(78)37-70-59-58-46(16-10-18-52(58)61(67)73-62(59)80)34-56(77)41(4)50(55)26-28-64(65,5)81/h8-11,14-22,25,31,42,49,51,53-55,57,59-61,70,72,74-76,78-79,81-82H,3,6-7,12-13,23-24,26-30,32-38,67H2,1-2,4-5H3,(H,73,80)(H4,68,69,71)/b11-8+,47-17-,50-41+/t49-,51+,53+,54+,55+,57+,59+,60+,61+,64+,65+,66-/m0/s1. The minimum absolute atomic E-state index is 0.0663. The normalized spacial score (nSPS) is 30.7. The van der Waals surface area contributed by atoms with Crippen LogP contribution >= 0.6 is 0 Å². The quantitative estimate of drug-likeness (QED) is 0.0278. The molecule has 16 heteroatoms. The first-order valence-electron chi connectivity index (χ1n) is 29.7. The molecule has 0 unspecified atom stereocenters. The van der Waals surface area contributed by atoms with Crippen LogP contribution in [0.3, 0.4) is 0 Å². The van der Waals surface area contributed by atoms with Crippen molar-refractivity contribution in [2.45, 2.75) is 165 Å². The SMILES string of the molecule is C=C(/C=C/C=C(/CO)[C@H]1CC[C@@]2([C@@H]3CC[C@H](O)Cc4cccc(c4)C[C@H]([C@H](CN=C(N)N)c4ccc(O)cc4)[C@H](O)CN[C@H]4C(=O)N[C@@H](N)c5cccc(c54)CC(=O)/C(C)=C/3CC[C@@]2(C)O)[C@@H]1O)[C@@](O)(CC=C(C)C)NCC1CCCC1. The summed E-state index contributed by atoms with van der Waals surface area (Å²) in [6.07, 6.45) is 10.7. The molecule has 0 aromatic heterocycles. The molecule has 12 atom stereocenters. The second-order valence-corrected chi connectivity index (χ2v) is 24.8. The third-order valence-corrected chi connectivity index (χ3v) is 19.2. The van der Waals surface area contributed by atoms with E-state index in [-0.39, 0.29) is 62.9 Å². The summed E-state index contributed by atoms with van der Waals surface area (Å²) >= 11 is 0. The van der Waals surface area contributed by atoms with E-state index >= 15 is 4.79 Å². The van der Waals surface area contributed by atoms with Gasteiger partial charge in [-0.15, -0.1) is 0 Å². The highest BCUT2D eigenvalue weighted by molar-refractivity contribution is 5.98. The lowest BCUT2D eigenvalue weighted by Crippen LogP contribution is -2.59. The van der Waals surface area contributed by atoms with Gasteiger partial charge in [-0.25, -0.2) is 0 Å². The zero-order valence-corrected chi connectivity index (χ0v) is 48.5. The number of allylic oxidation sites excluding steroid dienone is 5. The number of amides is 1. The highest BCUT2D eigenvalue weighted by Gasteiger charge is 2.64. The third kappa shape index (κ3) is 13.9. The molecule has 16 nitrogen and oxygen atoms in total. The van der Waals surface area contributed by atoms with Crippen LogP contribution in [0.25, 0.3) is 0 Å². The number of Topliss-reactive ketones (excluding diaryl/α,β-unsaturated/α-hetero) is 1. The first-order chi connectivity index (χ1) is 39.0. The van der Waals surface area contributed by atoms with E-state index in [1.165, 1.54) is 12.8 Å². The molecule has 8 rings (SSSR count). The van der Waals surface area contributed by atoms with Gasteiger partial charge in [-0.2, -0.15) is 0 Å². The van der Waals surface area contributed by atoms with E-state index in [2.05, 4.69) is 27.5 Å². The number of hydrogen-bond acceptors (Lipinski definition) is 13. The summed E-state index contributed by atoms with van der Waals surface area (Å²) in [5.41, 5.74) is 22.0. The van der Waals surface area contributed by atoms with Crippen molar-refractivity contribution < 1.29 is 45.3 Å². The lowest BCUT2D eigenvalue weighted by Gasteiger charge is -2.56. The predicted octanol–water partition coefficient (Wildman–Crippen LogP) is 6.29. The number of nitrogens with zero attached hydrogens (tertiary/aromatic N) is 1. The number of guanidine groups is 1. The molecule has 3 fully saturated rings. The Morgan fingerprint density at radius 1 is 0.963 bits per heavy atom. The second-order valence-electron chi connectivity index (χ2n) is 24.8. The third-order valence-electron chi connectivity index (χ3n) is 19.2. The van der Waals surface area contributed by atoms with Crippen molar-refractivity contribution >= 4 is 17.6 Å². The number of benzene rings is 3. The topological polar surface area (TPSA) is 302 Å². The predicted molar refractivity (Wildman–Crippen MR) is 321 cm³/mol. The maximum absolute atomic E-state index is 15.1. The van der Waals surface area contributed by atoms with E-state index in [9.17, 15) is 40.5 Å². The number of aliphatic hydroxyl groups excluding tert-OH is 4. The molecule has 3 aromatic rings. The molecule has 2 aliphatic heterocycles. The van der Waals surface area contributed by atoms with E-state index < -0.39 is 76.8 Å². The summed E-state index contributed by atoms with van der Waals surface area (Å²) in [7, 11) is 0. The lowest BCUT2D eigenvalue weighted by molar-refractivity contribution is -0.168. The number of nitrogens with two attached hydrogens (primary N) is 3. The van der Waals surface area contributed by atoms with Crippen LogP contribution in [0, 0.1) is 29.1 Å². The zero-order valence-electron chi connectivity index (χ0n) is 48.5. The van der Waals surface area contributed by atoms with E-state index in [0.29, 0.717) is 84.4 Å². The molecule has 1 amide bonds. The monoisotopic (exact) mass is 1130 g/mol. The van der Waals surface area contributed by atoms with Gasteiger partial charge in [0.05, 0.1) is 30.5 Å². The maximum atomic E-state index is 15.1. The zero-order chi connectivity index (χ0) is 59.1. The number of fused-ring (bicyclic) bond motifs is 4. The number of hydrogen-bond donors (Lipinski definition) is 13. The van der Waals surface area contributed by atoms with Crippen LogP contribution in [-0.2, 0) is 28.9 Å². The number of phenolic OH excluding ortho intramolecular Hbond substituents is 1. The molecular weight excluding hydrogens is 1030 g/mol. The number of aromatic hydroxyl groups is 1. The van der Waals surface area contributed by atoms with Gasteiger partial charge in [0.2, 0.25) is 5.91 Å². The Bertz CT molecular complexity index is 2920. The van der Waals surface area contributed by atoms with E-state index in [0.717, 1.165) is 40.7 Å². The van der Waals surface area contributed by atoms with Crippen LogP contribution in [0.15, 0.2) is 130 Å². The number of β-amino-alcohol motifs (C(OH)–C–C–N with tert-alkyl or cyclic N) is 1. The Morgan fingerprint density at radius 3 is 2.37 bits per heavy atom. The summed E-state index contributed by atoms with van der Waals surface area (Å²) in [6.45, 7) is 12.2. The summed E-state index contributed by atoms with van der Waals surface area (Å²) < 4.78 is 0. The van der Waals surface area contributed by atoms with Crippen LogP contribution in [0.5, 0.6) is 5.75 Å². The van der Waals surface area contributed by atoms with Crippen LogP contribution < -0.4 is 33.2 Å². The number of rotatable bonds is 14. The Kier molecular flexibility index (Phi) is 20.4. The van der Waals surface area contributed by atoms with E-state index in [4.69, 9.17) is 17.2 Å². The molecule has 3 aromatic carbocycles. The molecule has 1 spiro atoms. The van der Waals surface area contributed by atoms with Gasteiger partial charge in [0.1, 0.15) is 23.7 Å². The average Bonchev–Trinajstić information content (AvgIpc) is 3.95. The fourth-order valence-corrected chi connectivity index (χ4v) is 14.5. The first-order valence-corrected chi connectivity index (χ1v) is 29.7. The molecule has 444 valence electrons. The highest BCUT2D eigenvalue weighted by atomic mass is 16.3. The molecule has 16 N–H and O–H groups in total. The number of ketones is 1. The van der Waals surface area contributed by atoms with Gasteiger partial charge >= 0.3 is 0 Å². The molecule has 3 saturated carbocycles. The van der Waals surface area contributed by atoms with Gasteiger partial charge in [-0.3, -0.25) is 25.2 Å². The minimum Gasteiger partial charge on any atom is -0.508 e. The summed E-state index contributed by atoms with van der Waals surface area (Å²) in [5.74, 6) is -2.40. The number of aliphatic hydroxyl groups is 6. The van der Waals surface area contributed by atoms with Crippen molar-refractivity contribution in [1.29, 1.82) is 0 Å². The Labute approximate surface area is 484 Å². The molecule has 0 saturated heterocycles. The molecule has 2 bridgehead atoms. The van der Waals surface area contributed by atoms with Crippen LogP contribution in [0.2, 0.25) is 0 Å². The van der Waals surface area contributed by atoms with Crippen LogP contribution in [0.4, 0.5) is 0 Å². The fraction of sp³-hybridized carbons (Fsp3) is 0.530. The summed E-state index contributed by atoms with van der Waals surface area (Å²) in [6, 6.07) is 19.0. The van der Waals surface area contributed by atoms with E-state index in [1.54, 1.807) is 56.3 Å². The summed E-state index contributed by atoms with van der Waals surface area (Å²) in [5, 5.41) is 93.4. The van der Waals surface area contributed by atoms with Crippen molar-refractivity contribution in [3.63, 3.8) is 0 Å². The summed E-state index contributed by atoms with van der Waals surface area (Å²) in [4.78, 5) is 33.7. The molecule has 5 aliphatic rings. The van der Waals surface area contributed by atoms with Crippen molar-refractivity contribution in [2.75, 3.05) is 26.2 Å². The Balaban J connectivity index is 1.17. The van der Waals surface area contributed by atoms with Gasteiger partial charge in [-0.05, 0) is 172 Å². The van der Waals surface area contributed by atoms with Crippen molar-refractivity contribution in [1.82, 2.24) is 16.0 Å². The number of phenols is 1. The average molecular weight is 1130 g/mol. The van der Waals surface area contributed by atoms with E-state index in [1.807, 2.05) is 62.4 Å².